The highest BCUT2D eigenvalue weighted by Gasteiger charge is 2.25. The van der Waals surface area contributed by atoms with Crippen molar-refractivity contribution >= 4 is 16.8 Å². The number of rotatable bonds is 4. The molecule has 1 heterocycles. The van der Waals surface area contributed by atoms with Gasteiger partial charge in [0, 0.05) is 35.0 Å². The van der Waals surface area contributed by atoms with Crippen LogP contribution in [0.2, 0.25) is 0 Å². The Morgan fingerprint density at radius 3 is 2.86 bits per heavy atom. The van der Waals surface area contributed by atoms with Crippen molar-refractivity contribution in [3.63, 3.8) is 0 Å². The van der Waals surface area contributed by atoms with Gasteiger partial charge in [0.1, 0.15) is 0 Å². The van der Waals surface area contributed by atoms with Crippen LogP contribution in [0.4, 0.5) is 0 Å². The van der Waals surface area contributed by atoms with Crippen molar-refractivity contribution in [2.24, 2.45) is 5.92 Å². The van der Waals surface area contributed by atoms with Gasteiger partial charge in [-0.25, -0.2) is 0 Å². The number of fused-ring (bicyclic) bond motifs is 3. The van der Waals surface area contributed by atoms with E-state index in [0.29, 0.717) is 0 Å². The molecule has 2 aromatic rings. The monoisotopic (exact) mass is 298 g/mol. The molecule has 1 atom stereocenters. The van der Waals surface area contributed by atoms with Crippen LogP contribution in [0.5, 0.6) is 0 Å². The lowest BCUT2D eigenvalue weighted by Gasteiger charge is -2.25. The van der Waals surface area contributed by atoms with Crippen molar-refractivity contribution in [3.8, 4) is 0 Å². The fourth-order valence-electron chi connectivity index (χ4n) is 3.65. The number of amides is 1. The summed E-state index contributed by atoms with van der Waals surface area (Å²) in [4.78, 5) is 15.8. The number of benzene rings is 1. The molecule has 0 spiro atoms. The number of nitrogens with one attached hydrogen (secondary N) is 2. The average Bonchev–Trinajstić information content (AvgIpc) is 2.85. The van der Waals surface area contributed by atoms with Gasteiger partial charge in [-0.3, -0.25) is 4.79 Å². The third kappa shape index (κ3) is 2.77. The summed E-state index contributed by atoms with van der Waals surface area (Å²) in [6, 6.07) is 6.86. The predicted octanol–water partition coefficient (Wildman–Crippen LogP) is 3.89. The van der Waals surface area contributed by atoms with E-state index in [1.165, 1.54) is 27.7 Å². The highest BCUT2D eigenvalue weighted by molar-refractivity contribution is 5.86. The molecular formula is C19H26N2O. The van der Waals surface area contributed by atoms with Gasteiger partial charge in [0.2, 0.25) is 5.91 Å². The number of carbonyl (C=O) groups excluding carboxylic acids is 1. The zero-order valence-corrected chi connectivity index (χ0v) is 13.8. The van der Waals surface area contributed by atoms with Crippen LogP contribution in [0, 0.1) is 12.8 Å². The number of hydrogen-bond acceptors (Lipinski definition) is 1. The molecule has 1 aliphatic rings. The van der Waals surface area contributed by atoms with Crippen LogP contribution in [-0.4, -0.2) is 16.9 Å². The van der Waals surface area contributed by atoms with E-state index in [-0.39, 0.29) is 17.9 Å². The van der Waals surface area contributed by atoms with Crippen LogP contribution in [-0.2, 0) is 17.6 Å². The molecule has 0 bridgehead atoms. The largest absolute Gasteiger partial charge is 0.358 e. The Labute approximate surface area is 132 Å². The van der Waals surface area contributed by atoms with Crippen molar-refractivity contribution in [3.05, 3.63) is 35.0 Å². The Morgan fingerprint density at radius 1 is 1.36 bits per heavy atom. The molecule has 0 fully saturated rings. The van der Waals surface area contributed by atoms with Crippen LogP contribution < -0.4 is 5.32 Å². The second-order valence-electron chi connectivity index (χ2n) is 6.59. The molecule has 0 saturated heterocycles. The van der Waals surface area contributed by atoms with Gasteiger partial charge in [-0.2, -0.15) is 0 Å². The maximum Gasteiger partial charge on any atom is 0.223 e. The second-order valence-corrected chi connectivity index (χ2v) is 6.59. The first-order chi connectivity index (χ1) is 10.6. The summed E-state index contributed by atoms with van der Waals surface area (Å²) < 4.78 is 0. The van der Waals surface area contributed by atoms with Crippen molar-refractivity contribution in [2.45, 2.75) is 58.9 Å². The van der Waals surface area contributed by atoms with Gasteiger partial charge < -0.3 is 10.3 Å². The number of carbonyl (C=O) groups is 1. The summed E-state index contributed by atoms with van der Waals surface area (Å²) in [7, 11) is 0. The predicted molar refractivity (Wildman–Crippen MR) is 91.1 cm³/mol. The molecule has 3 nitrogen and oxygen atoms in total. The Morgan fingerprint density at radius 2 is 2.14 bits per heavy atom. The number of aryl methyl sites for hydroxylation is 2. The summed E-state index contributed by atoms with van der Waals surface area (Å²) in [5.41, 5.74) is 5.29. The molecule has 0 radical (unpaired) electrons. The number of aromatic amines is 1. The molecule has 0 aliphatic heterocycles. The topological polar surface area (TPSA) is 44.9 Å². The van der Waals surface area contributed by atoms with Crippen LogP contribution in [0.15, 0.2) is 18.2 Å². The second kappa shape index (κ2) is 6.15. The molecule has 3 heteroatoms. The highest BCUT2D eigenvalue weighted by Crippen LogP contribution is 2.30. The minimum Gasteiger partial charge on any atom is -0.358 e. The Kier molecular flexibility index (Phi) is 4.23. The summed E-state index contributed by atoms with van der Waals surface area (Å²) in [6.07, 6.45) is 4.86. The molecular weight excluding hydrogens is 272 g/mol. The SMILES string of the molecule is CCC(CC)C(=O)NC1CCc2c([nH]c3ccc(C)cc23)C1. The maximum atomic E-state index is 12.3. The fourth-order valence-corrected chi connectivity index (χ4v) is 3.65. The van der Waals surface area contributed by atoms with E-state index in [1.54, 1.807) is 0 Å². The first-order valence-electron chi connectivity index (χ1n) is 8.52. The van der Waals surface area contributed by atoms with E-state index in [9.17, 15) is 4.79 Å². The first kappa shape index (κ1) is 15.1. The van der Waals surface area contributed by atoms with E-state index in [0.717, 1.165) is 32.1 Å². The van der Waals surface area contributed by atoms with Gasteiger partial charge in [0.15, 0.2) is 0 Å². The summed E-state index contributed by atoms with van der Waals surface area (Å²) in [5, 5.41) is 4.62. The van der Waals surface area contributed by atoms with Gasteiger partial charge in [-0.1, -0.05) is 25.5 Å². The lowest BCUT2D eigenvalue weighted by atomic mass is 9.90. The molecule has 1 aromatic carbocycles. The van der Waals surface area contributed by atoms with Crippen molar-refractivity contribution in [1.29, 1.82) is 0 Å². The normalized spacial score (nSPS) is 17.7. The van der Waals surface area contributed by atoms with Crippen LogP contribution in [0.1, 0.15) is 49.9 Å². The van der Waals surface area contributed by atoms with Crippen molar-refractivity contribution < 1.29 is 4.79 Å². The zero-order chi connectivity index (χ0) is 15.7. The van der Waals surface area contributed by atoms with Crippen LogP contribution >= 0.6 is 0 Å². The van der Waals surface area contributed by atoms with Gasteiger partial charge in [0.05, 0.1) is 0 Å². The highest BCUT2D eigenvalue weighted by atomic mass is 16.1. The van der Waals surface area contributed by atoms with E-state index in [2.05, 4.69) is 49.3 Å². The van der Waals surface area contributed by atoms with Crippen LogP contribution in [0.3, 0.4) is 0 Å². The third-order valence-corrected chi connectivity index (χ3v) is 5.05. The van der Waals surface area contributed by atoms with Gasteiger partial charge in [0.25, 0.3) is 0 Å². The number of aromatic nitrogens is 1. The van der Waals surface area contributed by atoms with E-state index < -0.39 is 0 Å². The van der Waals surface area contributed by atoms with Crippen LogP contribution in [0.25, 0.3) is 10.9 Å². The Balaban J connectivity index is 1.77. The summed E-state index contributed by atoms with van der Waals surface area (Å²) >= 11 is 0. The van der Waals surface area contributed by atoms with E-state index >= 15 is 0 Å². The number of hydrogen-bond donors (Lipinski definition) is 2. The molecule has 118 valence electrons. The van der Waals surface area contributed by atoms with Crippen molar-refractivity contribution in [2.75, 3.05) is 0 Å². The molecule has 0 saturated carbocycles. The van der Waals surface area contributed by atoms with Gasteiger partial charge in [-0.15, -0.1) is 0 Å². The van der Waals surface area contributed by atoms with Crippen molar-refractivity contribution in [1.82, 2.24) is 10.3 Å². The molecule has 22 heavy (non-hydrogen) atoms. The Bertz CT molecular complexity index is 682. The molecule has 1 amide bonds. The quantitative estimate of drug-likeness (QED) is 0.884. The minimum atomic E-state index is 0.159. The number of H-pyrrole nitrogens is 1. The first-order valence-corrected chi connectivity index (χ1v) is 8.52. The lowest BCUT2D eigenvalue weighted by Crippen LogP contribution is -2.41. The molecule has 2 N–H and O–H groups in total. The van der Waals surface area contributed by atoms with E-state index in [1.807, 2.05) is 0 Å². The van der Waals surface area contributed by atoms with E-state index in [4.69, 9.17) is 0 Å². The summed E-state index contributed by atoms with van der Waals surface area (Å²) in [6.45, 7) is 6.32. The lowest BCUT2D eigenvalue weighted by molar-refractivity contribution is -0.126. The molecule has 1 aromatic heterocycles. The smallest absolute Gasteiger partial charge is 0.223 e. The Hall–Kier alpha value is -1.77. The van der Waals surface area contributed by atoms with Gasteiger partial charge in [-0.05, 0) is 50.3 Å². The fraction of sp³-hybridized carbons (Fsp3) is 0.526. The minimum absolute atomic E-state index is 0.159. The maximum absolute atomic E-state index is 12.3. The standard InChI is InChI=1S/C19H26N2O/c1-4-13(5-2)19(22)20-14-7-8-15-16-10-12(3)6-9-17(16)21-18(15)11-14/h6,9-10,13-14,21H,4-5,7-8,11H2,1-3H3,(H,20,22). The zero-order valence-electron chi connectivity index (χ0n) is 13.8. The molecule has 1 unspecified atom stereocenters. The average molecular weight is 298 g/mol. The molecule has 3 rings (SSSR count). The summed E-state index contributed by atoms with van der Waals surface area (Å²) in [5.74, 6) is 0.386. The van der Waals surface area contributed by atoms with Gasteiger partial charge >= 0.3 is 0 Å². The third-order valence-electron chi connectivity index (χ3n) is 5.05. The molecule has 1 aliphatic carbocycles.